The number of hydrogen-bond acceptors (Lipinski definition) is 8. The zero-order valence-corrected chi connectivity index (χ0v) is 38.1. The number of benzene rings is 2. The summed E-state index contributed by atoms with van der Waals surface area (Å²) in [7, 11) is 0. The van der Waals surface area contributed by atoms with Crippen LogP contribution in [0.5, 0.6) is 23.0 Å². The van der Waals surface area contributed by atoms with Crippen molar-refractivity contribution in [3.8, 4) is 23.0 Å². The fraction of sp³-hybridized carbons (Fsp3) is 0.615. The molecule has 0 heterocycles. The quantitative estimate of drug-likeness (QED) is 0.0618. The number of unbranched alkanes of at least 4 members (excludes halogenated alkanes) is 4. The first-order valence-corrected chi connectivity index (χ1v) is 23.0. The largest absolute Gasteiger partial charge is 0.507 e. The van der Waals surface area contributed by atoms with Crippen LogP contribution in [-0.4, -0.2) is 76.3 Å². The minimum atomic E-state index is 0.0369. The van der Waals surface area contributed by atoms with Gasteiger partial charge in [-0.15, -0.1) is 0 Å². The minimum Gasteiger partial charge on any atom is -0.507 e. The van der Waals surface area contributed by atoms with Gasteiger partial charge in [0.2, 0.25) is 0 Å². The average molecular weight is 831 g/mol. The van der Waals surface area contributed by atoms with E-state index in [1.54, 1.807) is 0 Å². The van der Waals surface area contributed by atoms with Crippen LogP contribution in [0, 0.1) is 11.8 Å². The summed E-state index contributed by atoms with van der Waals surface area (Å²) in [5.41, 5.74) is 8.87. The molecule has 0 amide bonds. The van der Waals surface area contributed by atoms with Gasteiger partial charge in [-0.3, -0.25) is 0 Å². The molecule has 2 aliphatic rings. The predicted octanol–water partition coefficient (Wildman–Crippen LogP) is 12.1. The summed E-state index contributed by atoms with van der Waals surface area (Å²) in [5, 5.41) is 22.7. The Hall–Kier alpha value is -3.56. The van der Waals surface area contributed by atoms with Crippen molar-refractivity contribution in [3.63, 3.8) is 0 Å². The lowest BCUT2D eigenvalue weighted by Gasteiger charge is -2.32. The van der Waals surface area contributed by atoms with E-state index in [1.807, 2.05) is 12.1 Å². The molecule has 334 valence electrons. The van der Waals surface area contributed by atoms with E-state index in [9.17, 15) is 10.2 Å². The van der Waals surface area contributed by atoms with Crippen molar-refractivity contribution >= 4 is 0 Å². The fourth-order valence-electron chi connectivity index (χ4n) is 8.69. The van der Waals surface area contributed by atoms with Crippen LogP contribution < -0.4 is 9.47 Å². The van der Waals surface area contributed by atoms with Crippen LogP contribution in [0.3, 0.4) is 0 Å². The molecule has 0 aliphatic heterocycles. The highest BCUT2D eigenvalue weighted by atomic mass is 16.6. The molecule has 60 heavy (non-hydrogen) atoms. The third kappa shape index (κ3) is 15.7. The van der Waals surface area contributed by atoms with Gasteiger partial charge in [-0.05, 0) is 126 Å². The third-order valence-electron chi connectivity index (χ3n) is 12.0. The lowest BCUT2D eigenvalue weighted by Crippen LogP contribution is -2.19. The molecule has 0 aromatic heterocycles. The van der Waals surface area contributed by atoms with Crippen molar-refractivity contribution in [1.29, 1.82) is 0 Å². The summed E-state index contributed by atoms with van der Waals surface area (Å²) in [6.07, 6.45) is 17.3. The Morgan fingerprint density at radius 2 is 0.900 bits per heavy atom. The van der Waals surface area contributed by atoms with Crippen molar-refractivity contribution in [2.45, 2.75) is 130 Å². The van der Waals surface area contributed by atoms with Gasteiger partial charge >= 0.3 is 0 Å². The van der Waals surface area contributed by atoms with E-state index in [1.165, 1.54) is 11.1 Å². The maximum absolute atomic E-state index is 11.3. The Labute approximate surface area is 363 Å². The van der Waals surface area contributed by atoms with Gasteiger partial charge in [-0.1, -0.05) is 87.1 Å². The Kier molecular flexibility index (Phi) is 21.9. The standard InChI is InChI=1S/C52H78O8/c1-9-11-13-15-41-33-47(53)51(45-31-39(7)17-19-43(45)37(3)4)49(35-41)59-29-27-57-25-23-55-21-22-56-24-26-58-28-30-60-50-36-42(16-14-12-10-2)34-48(54)52(50)46-32-40(8)18-20-44(46)38(5)6/h31-36,43-46,53-54H,3,5,9-30H2,1-2,4,6-8H3/t43-,44-,45+,46+/m0/s1. The van der Waals surface area contributed by atoms with Crippen LogP contribution in [0.1, 0.15) is 140 Å². The second-order valence-corrected chi connectivity index (χ2v) is 17.2. The van der Waals surface area contributed by atoms with E-state index < -0.39 is 0 Å². The zero-order valence-electron chi connectivity index (χ0n) is 38.1. The second-order valence-electron chi connectivity index (χ2n) is 17.2. The second kappa shape index (κ2) is 26.7. The molecular weight excluding hydrogens is 753 g/mol. The Morgan fingerprint density at radius 1 is 0.550 bits per heavy atom. The Bertz CT molecular complexity index is 1570. The van der Waals surface area contributed by atoms with Gasteiger partial charge < -0.3 is 38.6 Å². The maximum atomic E-state index is 11.3. The molecule has 0 saturated carbocycles. The molecule has 4 atom stereocenters. The van der Waals surface area contributed by atoms with Crippen LogP contribution in [0.4, 0.5) is 0 Å². The molecule has 0 radical (unpaired) electrons. The summed E-state index contributed by atoms with van der Waals surface area (Å²) in [4.78, 5) is 0. The molecule has 0 bridgehead atoms. The molecular formula is C52H78O8. The first-order valence-electron chi connectivity index (χ1n) is 23.0. The van der Waals surface area contributed by atoms with E-state index in [0.29, 0.717) is 77.6 Å². The lowest BCUT2D eigenvalue weighted by molar-refractivity contribution is -0.00706. The maximum Gasteiger partial charge on any atom is 0.127 e. The molecule has 8 nitrogen and oxygen atoms in total. The fourth-order valence-corrected chi connectivity index (χ4v) is 8.69. The number of aromatic hydroxyl groups is 2. The predicted molar refractivity (Wildman–Crippen MR) is 245 cm³/mol. The van der Waals surface area contributed by atoms with Gasteiger partial charge in [-0.2, -0.15) is 0 Å². The number of phenols is 2. The van der Waals surface area contributed by atoms with Gasteiger partial charge in [-0.25, -0.2) is 0 Å². The third-order valence-corrected chi connectivity index (χ3v) is 12.0. The van der Waals surface area contributed by atoms with Crippen molar-refractivity contribution in [2.75, 3.05) is 66.1 Å². The molecule has 2 aliphatic carbocycles. The molecule has 2 aromatic rings. The van der Waals surface area contributed by atoms with Crippen LogP contribution in [0.2, 0.25) is 0 Å². The summed E-state index contributed by atoms with van der Waals surface area (Å²) in [6, 6.07) is 8.10. The van der Waals surface area contributed by atoms with E-state index in [2.05, 4.69) is 79.0 Å². The average Bonchev–Trinajstić information content (AvgIpc) is 3.20. The SMILES string of the molecule is C=C(C)[C@@H]1CCC(C)=C[C@H]1c1c(O)cc(CCCCC)cc1OCCOCCOCCOCCOCCOc1cc(CCCCC)cc(O)c1[C@@H]1C=C(C)CC[C@H]1C(=C)C. The van der Waals surface area contributed by atoms with Gasteiger partial charge in [0.05, 0.1) is 52.9 Å². The van der Waals surface area contributed by atoms with Crippen molar-refractivity contribution in [1.82, 2.24) is 0 Å². The van der Waals surface area contributed by atoms with E-state index in [4.69, 9.17) is 28.4 Å². The van der Waals surface area contributed by atoms with Gasteiger partial charge in [0.25, 0.3) is 0 Å². The van der Waals surface area contributed by atoms with Crippen molar-refractivity contribution in [2.24, 2.45) is 11.8 Å². The molecule has 0 fully saturated rings. The molecule has 2 N–H and O–H groups in total. The number of aryl methyl sites for hydroxylation is 2. The number of phenolic OH excluding ortho intramolecular Hbond substituents is 2. The normalized spacial score (nSPS) is 19.2. The Balaban J connectivity index is 1.13. The van der Waals surface area contributed by atoms with Gasteiger partial charge in [0.15, 0.2) is 0 Å². The molecule has 4 rings (SSSR count). The topological polar surface area (TPSA) is 95.8 Å². The van der Waals surface area contributed by atoms with Crippen LogP contribution >= 0.6 is 0 Å². The van der Waals surface area contributed by atoms with Crippen LogP contribution in [-0.2, 0) is 31.8 Å². The first kappa shape index (κ1) is 49.1. The molecule has 8 heteroatoms. The van der Waals surface area contributed by atoms with Crippen molar-refractivity contribution < 1.29 is 38.6 Å². The highest BCUT2D eigenvalue weighted by Gasteiger charge is 2.32. The summed E-state index contributed by atoms with van der Waals surface area (Å²) in [5.74, 6) is 2.71. The number of hydrogen-bond donors (Lipinski definition) is 2. The molecule has 0 saturated heterocycles. The highest BCUT2D eigenvalue weighted by molar-refractivity contribution is 5.54. The van der Waals surface area contributed by atoms with Crippen LogP contribution in [0.15, 0.2) is 71.9 Å². The van der Waals surface area contributed by atoms with E-state index in [0.717, 1.165) is 122 Å². The van der Waals surface area contributed by atoms with Gasteiger partial charge in [0, 0.05) is 23.0 Å². The van der Waals surface area contributed by atoms with Gasteiger partial charge in [0.1, 0.15) is 36.2 Å². The van der Waals surface area contributed by atoms with E-state index >= 15 is 0 Å². The summed E-state index contributed by atoms with van der Waals surface area (Å²) >= 11 is 0. The number of rotatable bonds is 29. The monoisotopic (exact) mass is 831 g/mol. The van der Waals surface area contributed by atoms with E-state index in [-0.39, 0.29) is 23.7 Å². The molecule has 0 spiro atoms. The smallest absolute Gasteiger partial charge is 0.127 e. The number of allylic oxidation sites excluding steroid dienone is 6. The lowest BCUT2D eigenvalue weighted by atomic mass is 9.73. The summed E-state index contributed by atoms with van der Waals surface area (Å²) < 4.78 is 35.8. The minimum absolute atomic E-state index is 0.0369. The first-order chi connectivity index (χ1) is 29.0. The van der Waals surface area contributed by atoms with Crippen molar-refractivity contribution in [3.05, 3.63) is 94.1 Å². The number of ether oxygens (including phenoxy) is 6. The highest BCUT2D eigenvalue weighted by Crippen LogP contribution is 2.48. The molecule has 2 aromatic carbocycles. The summed E-state index contributed by atoms with van der Waals surface area (Å²) in [6.45, 7) is 25.9. The van der Waals surface area contributed by atoms with Crippen LogP contribution in [0.25, 0.3) is 0 Å². The Morgan fingerprint density at radius 3 is 1.23 bits per heavy atom. The molecule has 0 unspecified atom stereocenters. The zero-order chi connectivity index (χ0) is 43.3.